The molecular formula is C21H29F3N2O5. The molecule has 7 nitrogen and oxygen atoms in total. The van der Waals surface area contributed by atoms with Gasteiger partial charge in [0, 0.05) is 31.3 Å². The number of nitrogens with zero attached hydrogens (tertiary/aromatic N) is 1. The lowest BCUT2D eigenvalue weighted by Crippen LogP contribution is -2.44. The monoisotopic (exact) mass is 446 g/mol. The highest BCUT2D eigenvalue weighted by Crippen LogP contribution is 2.25. The Bertz CT molecular complexity index is 716. The Kier molecular flexibility index (Phi) is 11.1. The number of alkyl halides is 3. The van der Waals surface area contributed by atoms with E-state index in [0.717, 1.165) is 38.0 Å². The number of rotatable bonds is 8. The minimum atomic E-state index is -4.65. The maximum atomic E-state index is 12.4. The summed E-state index contributed by atoms with van der Waals surface area (Å²) in [6.45, 7) is 7.91. The number of aliphatic carboxylic acids is 2. The highest BCUT2D eigenvalue weighted by Gasteiger charge is 2.31. The molecule has 0 unspecified atom stereocenters. The van der Waals surface area contributed by atoms with E-state index in [2.05, 4.69) is 28.8 Å². The molecule has 0 bridgehead atoms. The lowest BCUT2D eigenvalue weighted by atomic mass is 10.0. The molecule has 1 heterocycles. The predicted molar refractivity (Wildman–Crippen MR) is 109 cm³/mol. The van der Waals surface area contributed by atoms with Crippen molar-refractivity contribution in [3.05, 3.63) is 42.0 Å². The van der Waals surface area contributed by atoms with Crippen molar-refractivity contribution >= 4 is 11.9 Å². The molecule has 1 fully saturated rings. The van der Waals surface area contributed by atoms with Gasteiger partial charge in [-0.15, -0.1) is 13.2 Å². The molecule has 1 aromatic carbocycles. The summed E-state index contributed by atoms with van der Waals surface area (Å²) in [7, 11) is 0. The Morgan fingerprint density at radius 3 is 2.26 bits per heavy atom. The number of carboxylic acids is 2. The van der Waals surface area contributed by atoms with Crippen molar-refractivity contribution in [2.45, 2.75) is 45.6 Å². The van der Waals surface area contributed by atoms with Gasteiger partial charge in [-0.05, 0) is 49.5 Å². The van der Waals surface area contributed by atoms with Crippen LogP contribution in [0.25, 0.3) is 0 Å². The first kappa shape index (κ1) is 26.4. The fourth-order valence-corrected chi connectivity index (χ4v) is 3.20. The second-order valence-corrected chi connectivity index (χ2v) is 7.51. The first-order chi connectivity index (χ1) is 14.5. The average Bonchev–Trinajstić information content (AvgIpc) is 2.66. The number of benzene rings is 1. The zero-order valence-electron chi connectivity index (χ0n) is 17.6. The summed E-state index contributed by atoms with van der Waals surface area (Å²) in [5.74, 6) is -2.15. The summed E-state index contributed by atoms with van der Waals surface area (Å²) in [5.41, 5.74) is 0.853. The van der Waals surface area contributed by atoms with Crippen LogP contribution in [0.5, 0.6) is 5.75 Å². The van der Waals surface area contributed by atoms with Crippen LogP contribution in [0.1, 0.15) is 32.3 Å². The van der Waals surface area contributed by atoms with E-state index in [0.29, 0.717) is 30.7 Å². The minimum Gasteiger partial charge on any atom is -0.478 e. The number of nitrogens with one attached hydrogen (secondary N) is 1. The number of carbonyl (C=O) groups is 2. The number of hydrogen-bond acceptors (Lipinski definition) is 5. The second-order valence-electron chi connectivity index (χ2n) is 7.51. The van der Waals surface area contributed by atoms with Crippen molar-refractivity contribution in [1.29, 1.82) is 0 Å². The third kappa shape index (κ3) is 12.6. The first-order valence-electron chi connectivity index (χ1n) is 9.89. The largest absolute Gasteiger partial charge is 0.573 e. The molecule has 0 saturated carbocycles. The SMILES string of the molecule is CC(C)CN(Cc1cccc(OC(F)(F)F)c1)C1CCNCC1.O=C(O)/C=C/C(=O)O. The van der Waals surface area contributed by atoms with Gasteiger partial charge in [-0.25, -0.2) is 9.59 Å². The van der Waals surface area contributed by atoms with Crippen molar-refractivity contribution in [3.63, 3.8) is 0 Å². The molecule has 174 valence electrons. The molecule has 2 rings (SSSR count). The normalized spacial score (nSPS) is 15.1. The highest BCUT2D eigenvalue weighted by molar-refractivity contribution is 5.89. The summed E-state index contributed by atoms with van der Waals surface area (Å²) >= 11 is 0. The topological polar surface area (TPSA) is 99.1 Å². The van der Waals surface area contributed by atoms with Crippen molar-refractivity contribution in [2.75, 3.05) is 19.6 Å². The number of hydrogen-bond donors (Lipinski definition) is 3. The van der Waals surface area contributed by atoms with E-state index in [1.54, 1.807) is 6.07 Å². The first-order valence-corrected chi connectivity index (χ1v) is 9.89. The van der Waals surface area contributed by atoms with E-state index in [1.807, 2.05) is 6.07 Å². The van der Waals surface area contributed by atoms with Crippen LogP contribution >= 0.6 is 0 Å². The third-order valence-electron chi connectivity index (χ3n) is 4.31. The number of carboxylic acid groups (broad SMARTS) is 2. The number of piperidine rings is 1. The Balaban J connectivity index is 0.000000512. The standard InChI is InChI=1S/C17H25F3N2O.C4H4O4/c1-13(2)11-22(15-6-8-21-9-7-15)12-14-4-3-5-16(10-14)23-17(18,19)20;5-3(6)1-2-4(7)8/h3-5,10,13,15,21H,6-9,11-12H2,1-2H3;1-2H,(H,5,6)(H,7,8)/b;2-1+. The van der Waals surface area contributed by atoms with Gasteiger partial charge in [-0.1, -0.05) is 26.0 Å². The highest BCUT2D eigenvalue weighted by atomic mass is 19.4. The van der Waals surface area contributed by atoms with Crippen molar-refractivity contribution in [3.8, 4) is 5.75 Å². The molecule has 1 aliphatic heterocycles. The Hall–Kier alpha value is -2.59. The summed E-state index contributed by atoms with van der Waals surface area (Å²) in [6.07, 6.45) is -1.38. The maximum absolute atomic E-state index is 12.4. The molecule has 0 aromatic heterocycles. The second kappa shape index (κ2) is 13.0. The van der Waals surface area contributed by atoms with Gasteiger partial charge in [0.05, 0.1) is 0 Å². The van der Waals surface area contributed by atoms with Crippen LogP contribution in [0.2, 0.25) is 0 Å². The maximum Gasteiger partial charge on any atom is 0.573 e. The minimum absolute atomic E-state index is 0.148. The molecule has 10 heteroatoms. The molecule has 0 amide bonds. The molecule has 0 aliphatic carbocycles. The van der Waals surface area contributed by atoms with E-state index in [-0.39, 0.29) is 5.75 Å². The Morgan fingerprint density at radius 1 is 1.19 bits per heavy atom. The van der Waals surface area contributed by atoms with E-state index in [9.17, 15) is 22.8 Å². The van der Waals surface area contributed by atoms with Crippen LogP contribution in [0.3, 0.4) is 0 Å². The van der Waals surface area contributed by atoms with Crippen molar-refractivity contribution in [1.82, 2.24) is 10.2 Å². The lowest BCUT2D eigenvalue weighted by Gasteiger charge is -2.36. The van der Waals surface area contributed by atoms with Gasteiger partial charge in [0.2, 0.25) is 0 Å². The zero-order valence-corrected chi connectivity index (χ0v) is 17.6. The summed E-state index contributed by atoms with van der Waals surface area (Å²) in [6, 6.07) is 6.78. The molecule has 1 aromatic rings. The summed E-state index contributed by atoms with van der Waals surface area (Å²) in [4.78, 5) is 21.5. The van der Waals surface area contributed by atoms with Gasteiger partial charge in [-0.3, -0.25) is 4.90 Å². The van der Waals surface area contributed by atoms with Crippen LogP contribution < -0.4 is 10.1 Å². The third-order valence-corrected chi connectivity index (χ3v) is 4.31. The molecule has 3 N–H and O–H groups in total. The van der Waals surface area contributed by atoms with Gasteiger partial charge in [-0.2, -0.15) is 0 Å². The molecule has 1 aliphatic rings. The summed E-state index contributed by atoms with van der Waals surface area (Å²) < 4.78 is 41.1. The predicted octanol–water partition coefficient (Wildman–Crippen LogP) is 3.51. The van der Waals surface area contributed by atoms with Crippen LogP contribution in [0.4, 0.5) is 13.2 Å². The molecule has 1 saturated heterocycles. The van der Waals surface area contributed by atoms with E-state index >= 15 is 0 Å². The zero-order chi connectivity index (χ0) is 23.4. The Morgan fingerprint density at radius 2 is 1.77 bits per heavy atom. The van der Waals surface area contributed by atoms with Crippen molar-refractivity contribution in [2.24, 2.45) is 5.92 Å². The van der Waals surface area contributed by atoms with Crippen molar-refractivity contribution < 1.29 is 37.7 Å². The van der Waals surface area contributed by atoms with Gasteiger partial charge < -0.3 is 20.3 Å². The van der Waals surface area contributed by atoms with E-state index in [1.165, 1.54) is 12.1 Å². The van der Waals surface area contributed by atoms with E-state index < -0.39 is 18.3 Å². The summed E-state index contributed by atoms with van der Waals surface area (Å²) in [5, 5.41) is 19.0. The van der Waals surface area contributed by atoms with Gasteiger partial charge in [0.15, 0.2) is 0 Å². The number of ether oxygens (including phenoxy) is 1. The van der Waals surface area contributed by atoms with Crippen LogP contribution in [-0.4, -0.2) is 59.1 Å². The molecular weight excluding hydrogens is 417 g/mol. The van der Waals surface area contributed by atoms with Gasteiger partial charge in [0.25, 0.3) is 0 Å². The van der Waals surface area contributed by atoms with Crippen LogP contribution in [0.15, 0.2) is 36.4 Å². The quantitative estimate of drug-likeness (QED) is 0.526. The molecule has 0 radical (unpaired) electrons. The van der Waals surface area contributed by atoms with Gasteiger partial charge >= 0.3 is 18.3 Å². The smallest absolute Gasteiger partial charge is 0.478 e. The molecule has 0 spiro atoms. The lowest BCUT2D eigenvalue weighted by molar-refractivity contribution is -0.274. The van der Waals surface area contributed by atoms with Crippen LogP contribution in [0, 0.1) is 5.92 Å². The average molecular weight is 446 g/mol. The molecule has 31 heavy (non-hydrogen) atoms. The Labute approximate surface area is 179 Å². The fourth-order valence-electron chi connectivity index (χ4n) is 3.20. The van der Waals surface area contributed by atoms with Crippen LogP contribution in [-0.2, 0) is 16.1 Å². The molecule has 0 atom stereocenters. The van der Waals surface area contributed by atoms with Gasteiger partial charge in [0.1, 0.15) is 5.75 Å². The fraction of sp³-hybridized carbons (Fsp3) is 0.524. The van der Waals surface area contributed by atoms with E-state index in [4.69, 9.17) is 10.2 Å². The number of halogens is 3.